The summed E-state index contributed by atoms with van der Waals surface area (Å²) >= 11 is 0. The van der Waals surface area contributed by atoms with Gasteiger partial charge in [-0.05, 0) is 0 Å². The van der Waals surface area contributed by atoms with Crippen molar-refractivity contribution in [2.45, 2.75) is 6.10 Å². The van der Waals surface area contributed by atoms with Gasteiger partial charge in [0.25, 0.3) is 0 Å². The molecule has 9 heavy (non-hydrogen) atoms. The molecule has 1 aliphatic rings. The number of hydrogen-bond donors (Lipinski definition) is 0. The Morgan fingerprint density at radius 3 is 2.67 bits per heavy atom. The summed E-state index contributed by atoms with van der Waals surface area (Å²) in [5, 5.41) is 0. The Balaban J connectivity index is 2.15. The van der Waals surface area contributed by atoms with E-state index in [0.717, 1.165) is 0 Å². The summed E-state index contributed by atoms with van der Waals surface area (Å²) < 4.78 is 14.0. The molecule has 0 atom stereocenters. The maximum atomic E-state index is 9.61. The van der Waals surface area contributed by atoms with Crippen LogP contribution < -0.4 is 0 Å². The first-order valence-electron chi connectivity index (χ1n) is 2.62. The van der Waals surface area contributed by atoms with Crippen LogP contribution in [0.4, 0.5) is 0 Å². The third-order valence-corrected chi connectivity index (χ3v) is 0.989. The van der Waals surface area contributed by atoms with E-state index in [-0.39, 0.29) is 6.10 Å². The fourth-order valence-electron chi connectivity index (χ4n) is 0.602. The molecule has 0 aromatic rings. The Labute approximate surface area is 52.7 Å². The molecule has 4 heteroatoms. The highest BCUT2D eigenvalue weighted by Crippen LogP contribution is 1.98. The smallest absolute Gasteiger partial charge is 0.417 e. The summed E-state index contributed by atoms with van der Waals surface area (Å²) in [6.45, 7) is 2.44. The molecular weight excluding hydrogens is 124 g/mol. The van der Waals surface area contributed by atoms with E-state index in [1.807, 2.05) is 0 Å². The van der Waals surface area contributed by atoms with Gasteiger partial charge in [0, 0.05) is 0 Å². The molecule has 0 aromatic heterocycles. The Bertz CT molecular complexity index is 87.0. The van der Waals surface area contributed by atoms with Crippen LogP contribution in [0.25, 0.3) is 0 Å². The second kappa shape index (κ2) is 3.42. The number of hydrogen-bond acceptors (Lipinski definition) is 4. The van der Waals surface area contributed by atoms with Gasteiger partial charge in [-0.1, -0.05) is 0 Å². The van der Waals surface area contributed by atoms with Gasteiger partial charge in [0.15, 0.2) is 0 Å². The molecule has 1 rings (SSSR count). The largest absolute Gasteiger partial charge is 0.449 e. The van der Waals surface area contributed by atoms with Crippen LogP contribution in [0.3, 0.4) is 0 Å². The molecule has 51 valence electrons. The van der Waals surface area contributed by atoms with E-state index in [4.69, 9.17) is 9.47 Å². The molecule has 0 amide bonds. The average molecular weight is 131 g/mol. The van der Waals surface area contributed by atoms with Crippen LogP contribution in [0.15, 0.2) is 0 Å². The molecule has 0 N–H and O–H groups in total. The van der Waals surface area contributed by atoms with Gasteiger partial charge in [-0.2, -0.15) is 0 Å². The first kappa shape index (κ1) is 6.51. The van der Waals surface area contributed by atoms with Crippen molar-refractivity contribution in [3.63, 3.8) is 0 Å². The monoisotopic (exact) mass is 131 g/mol. The van der Waals surface area contributed by atoms with E-state index in [1.54, 1.807) is 0 Å². The summed E-state index contributed by atoms with van der Waals surface area (Å²) in [4.78, 5) is 9.61. The van der Waals surface area contributed by atoms with Crippen molar-refractivity contribution >= 4 is 6.47 Å². The highest BCUT2D eigenvalue weighted by Gasteiger charge is 2.14. The van der Waals surface area contributed by atoms with E-state index >= 15 is 0 Å². The van der Waals surface area contributed by atoms with Crippen LogP contribution in [0.5, 0.6) is 0 Å². The number of ether oxygens (including phenoxy) is 3. The first-order chi connectivity index (χ1) is 4.43. The second-order valence-electron chi connectivity index (χ2n) is 1.68. The lowest BCUT2D eigenvalue weighted by atomic mass is 10.4. The number of rotatable bonds is 2. The van der Waals surface area contributed by atoms with Crippen molar-refractivity contribution in [2.75, 3.05) is 20.0 Å². The maximum absolute atomic E-state index is 9.61. The minimum absolute atomic E-state index is 0.267. The molecule has 1 radical (unpaired) electrons. The molecular formula is C5H7O4. The zero-order valence-corrected chi connectivity index (χ0v) is 4.83. The van der Waals surface area contributed by atoms with E-state index in [2.05, 4.69) is 4.74 Å². The molecule has 0 aromatic carbocycles. The molecule has 1 saturated heterocycles. The summed E-state index contributed by atoms with van der Waals surface area (Å²) in [7, 11) is 0. The Kier molecular flexibility index (Phi) is 2.48. The van der Waals surface area contributed by atoms with Crippen LogP contribution in [-0.4, -0.2) is 32.6 Å². The zero-order valence-electron chi connectivity index (χ0n) is 4.83. The van der Waals surface area contributed by atoms with Crippen LogP contribution >= 0.6 is 0 Å². The van der Waals surface area contributed by atoms with E-state index in [9.17, 15) is 4.79 Å². The van der Waals surface area contributed by atoms with Gasteiger partial charge in [-0.3, -0.25) is 0 Å². The van der Waals surface area contributed by atoms with Crippen molar-refractivity contribution < 1.29 is 19.0 Å². The van der Waals surface area contributed by atoms with Crippen molar-refractivity contribution in [1.29, 1.82) is 0 Å². The summed E-state index contributed by atoms with van der Waals surface area (Å²) in [5.41, 5.74) is 0. The SMILES string of the molecule is O=[C]OC1COCOC1. The van der Waals surface area contributed by atoms with Crippen molar-refractivity contribution in [1.82, 2.24) is 0 Å². The lowest BCUT2D eigenvalue weighted by molar-refractivity contribution is -0.146. The van der Waals surface area contributed by atoms with Gasteiger partial charge in [-0.15, -0.1) is 0 Å². The molecule has 0 aliphatic carbocycles. The highest BCUT2D eigenvalue weighted by atomic mass is 16.7. The van der Waals surface area contributed by atoms with Crippen LogP contribution in [0.1, 0.15) is 0 Å². The van der Waals surface area contributed by atoms with Gasteiger partial charge >= 0.3 is 6.47 Å². The van der Waals surface area contributed by atoms with Crippen LogP contribution in [-0.2, 0) is 19.0 Å². The summed E-state index contributed by atoms with van der Waals surface area (Å²) in [6, 6.07) is 0. The minimum atomic E-state index is -0.267. The second-order valence-corrected chi connectivity index (χ2v) is 1.68. The van der Waals surface area contributed by atoms with Crippen LogP contribution in [0, 0.1) is 0 Å². The van der Waals surface area contributed by atoms with E-state index in [1.165, 1.54) is 6.47 Å². The molecule has 0 bridgehead atoms. The normalized spacial score (nSPS) is 21.3. The highest BCUT2D eigenvalue weighted by molar-refractivity contribution is 5.38. The Morgan fingerprint density at radius 1 is 1.44 bits per heavy atom. The van der Waals surface area contributed by atoms with Crippen molar-refractivity contribution in [3.05, 3.63) is 0 Å². The van der Waals surface area contributed by atoms with Gasteiger partial charge in [0.1, 0.15) is 12.9 Å². The molecule has 1 fully saturated rings. The van der Waals surface area contributed by atoms with E-state index in [0.29, 0.717) is 20.0 Å². The van der Waals surface area contributed by atoms with Crippen molar-refractivity contribution in [2.24, 2.45) is 0 Å². The standard InChI is InChI=1S/C5H7O4/c6-3-9-5-1-7-4-8-2-5/h5H,1-2,4H2. The van der Waals surface area contributed by atoms with Gasteiger partial charge < -0.3 is 14.2 Å². The molecule has 1 heterocycles. The van der Waals surface area contributed by atoms with Gasteiger partial charge in [0.2, 0.25) is 0 Å². The minimum Gasteiger partial charge on any atom is -0.449 e. The Hall–Kier alpha value is -0.610. The predicted octanol–water partition coefficient (Wildman–Crippen LogP) is -0.557. The molecule has 0 unspecified atom stereocenters. The maximum Gasteiger partial charge on any atom is 0.417 e. The average Bonchev–Trinajstić information content (AvgIpc) is 1.91. The molecule has 4 nitrogen and oxygen atoms in total. The lowest BCUT2D eigenvalue weighted by Crippen LogP contribution is -2.31. The fourth-order valence-corrected chi connectivity index (χ4v) is 0.602. The zero-order chi connectivity index (χ0) is 6.53. The molecule has 1 aliphatic heterocycles. The quantitative estimate of drug-likeness (QED) is 0.504. The van der Waals surface area contributed by atoms with E-state index < -0.39 is 0 Å². The third-order valence-electron chi connectivity index (χ3n) is 0.989. The lowest BCUT2D eigenvalue weighted by Gasteiger charge is -2.19. The summed E-state index contributed by atoms with van der Waals surface area (Å²) in [6.07, 6.45) is -0.267. The predicted molar refractivity (Wildman–Crippen MR) is 27.3 cm³/mol. The third kappa shape index (κ3) is 1.99. The van der Waals surface area contributed by atoms with Crippen molar-refractivity contribution in [3.8, 4) is 0 Å². The topological polar surface area (TPSA) is 44.8 Å². The fraction of sp³-hybridized carbons (Fsp3) is 0.800. The molecule has 0 spiro atoms. The van der Waals surface area contributed by atoms with Gasteiger partial charge in [0.05, 0.1) is 13.2 Å². The number of carbonyl (C=O) groups excluding carboxylic acids is 1. The summed E-state index contributed by atoms with van der Waals surface area (Å²) in [5.74, 6) is 0. The first-order valence-corrected chi connectivity index (χ1v) is 2.62. The Morgan fingerprint density at radius 2 is 2.11 bits per heavy atom. The molecule has 0 saturated carbocycles. The van der Waals surface area contributed by atoms with Gasteiger partial charge in [-0.25, -0.2) is 4.79 Å². The van der Waals surface area contributed by atoms with Crippen LogP contribution in [0.2, 0.25) is 0 Å².